The summed E-state index contributed by atoms with van der Waals surface area (Å²) in [6.07, 6.45) is 0.659. The molecule has 0 spiro atoms. The minimum atomic E-state index is -0.790. The summed E-state index contributed by atoms with van der Waals surface area (Å²) in [6.45, 7) is 2.76. The fraction of sp³-hybridized carbons (Fsp3) is 0.400. The summed E-state index contributed by atoms with van der Waals surface area (Å²) in [6, 6.07) is 4.05. The van der Waals surface area contributed by atoms with E-state index in [1.54, 1.807) is 6.07 Å². The Morgan fingerprint density at radius 2 is 2.33 bits per heavy atom. The number of halogens is 2. The summed E-state index contributed by atoms with van der Waals surface area (Å²) in [7, 11) is 0. The molecule has 0 saturated carbocycles. The SMILES string of the molecule is CCOC[C@@H](O)CNC(=O)c1cn(Cc2ccc(F)cc2Cl)nn1. The number of benzene rings is 1. The van der Waals surface area contributed by atoms with Crippen molar-refractivity contribution < 1.29 is 19.0 Å². The molecule has 0 aliphatic carbocycles. The van der Waals surface area contributed by atoms with Gasteiger partial charge in [0.05, 0.1) is 25.5 Å². The van der Waals surface area contributed by atoms with Crippen molar-refractivity contribution in [3.8, 4) is 0 Å². The Bertz CT molecular complexity index is 695. The summed E-state index contributed by atoms with van der Waals surface area (Å²) in [5, 5.41) is 20.0. The number of ether oxygens (including phenoxy) is 1. The average molecular weight is 357 g/mol. The average Bonchev–Trinajstić information content (AvgIpc) is 3.02. The molecule has 1 aromatic heterocycles. The third-order valence-corrected chi connectivity index (χ3v) is 3.48. The lowest BCUT2D eigenvalue weighted by Gasteiger charge is -2.10. The molecule has 7 nitrogen and oxygen atoms in total. The normalized spacial score (nSPS) is 12.2. The number of carbonyl (C=O) groups excluding carboxylic acids is 1. The van der Waals surface area contributed by atoms with Crippen LogP contribution in [0, 0.1) is 5.82 Å². The van der Waals surface area contributed by atoms with Crippen molar-refractivity contribution >= 4 is 17.5 Å². The lowest BCUT2D eigenvalue weighted by Crippen LogP contribution is -2.34. The van der Waals surface area contributed by atoms with Crippen LogP contribution in [0.2, 0.25) is 5.02 Å². The predicted molar refractivity (Wildman–Crippen MR) is 85.4 cm³/mol. The first kappa shape index (κ1) is 18.3. The molecule has 0 saturated heterocycles. The summed E-state index contributed by atoms with van der Waals surface area (Å²) >= 11 is 5.95. The van der Waals surface area contributed by atoms with E-state index < -0.39 is 17.8 Å². The van der Waals surface area contributed by atoms with Gasteiger partial charge in [-0.25, -0.2) is 9.07 Å². The summed E-state index contributed by atoms with van der Waals surface area (Å²) in [5.41, 5.74) is 0.763. The van der Waals surface area contributed by atoms with Gasteiger partial charge < -0.3 is 15.2 Å². The number of aromatic nitrogens is 3. The number of nitrogens with one attached hydrogen (secondary N) is 1. The summed E-state index contributed by atoms with van der Waals surface area (Å²) < 4.78 is 19.5. The maximum absolute atomic E-state index is 13.0. The minimum Gasteiger partial charge on any atom is -0.389 e. The quantitative estimate of drug-likeness (QED) is 0.743. The number of aliphatic hydroxyl groups is 1. The van der Waals surface area contributed by atoms with Gasteiger partial charge in [-0.3, -0.25) is 4.79 Å². The lowest BCUT2D eigenvalue weighted by molar-refractivity contribution is 0.0417. The fourth-order valence-corrected chi connectivity index (χ4v) is 2.15. The highest BCUT2D eigenvalue weighted by molar-refractivity contribution is 6.31. The van der Waals surface area contributed by atoms with Gasteiger partial charge in [0.2, 0.25) is 0 Å². The van der Waals surface area contributed by atoms with Gasteiger partial charge in [-0.1, -0.05) is 22.9 Å². The Balaban J connectivity index is 1.91. The zero-order chi connectivity index (χ0) is 17.5. The lowest BCUT2D eigenvalue weighted by atomic mass is 10.2. The molecule has 0 bridgehead atoms. The molecule has 0 fully saturated rings. The Hall–Kier alpha value is -2.03. The van der Waals surface area contributed by atoms with Crippen LogP contribution in [0.5, 0.6) is 0 Å². The second-order valence-corrected chi connectivity index (χ2v) is 5.47. The number of rotatable bonds is 8. The van der Waals surface area contributed by atoms with E-state index in [1.165, 1.54) is 23.0 Å². The Labute approximate surface area is 143 Å². The van der Waals surface area contributed by atoms with Crippen LogP contribution >= 0.6 is 11.6 Å². The smallest absolute Gasteiger partial charge is 0.273 e. The van der Waals surface area contributed by atoms with Crippen LogP contribution in [-0.2, 0) is 11.3 Å². The predicted octanol–water partition coefficient (Wildman–Crippen LogP) is 1.25. The molecule has 130 valence electrons. The number of carbonyl (C=O) groups is 1. The molecule has 1 heterocycles. The molecule has 2 aromatic rings. The van der Waals surface area contributed by atoms with Gasteiger partial charge in [0, 0.05) is 18.2 Å². The molecule has 2 rings (SSSR count). The Kier molecular flexibility index (Phi) is 6.65. The Morgan fingerprint density at radius 1 is 1.54 bits per heavy atom. The van der Waals surface area contributed by atoms with Gasteiger partial charge in [-0.15, -0.1) is 5.10 Å². The Morgan fingerprint density at radius 3 is 3.04 bits per heavy atom. The molecule has 1 amide bonds. The number of amides is 1. The van der Waals surface area contributed by atoms with E-state index in [2.05, 4.69) is 15.6 Å². The largest absolute Gasteiger partial charge is 0.389 e. The highest BCUT2D eigenvalue weighted by atomic mass is 35.5. The van der Waals surface area contributed by atoms with E-state index in [0.29, 0.717) is 12.2 Å². The molecule has 0 unspecified atom stereocenters. The second kappa shape index (κ2) is 8.72. The molecule has 1 atom stereocenters. The van der Waals surface area contributed by atoms with Gasteiger partial charge in [0.15, 0.2) is 5.69 Å². The highest BCUT2D eigenvalue weighted by Gasteiger charge is 2.13. The van der Waals surface area contributed by atoms with Crippen molar-refractivity contribution in [1.29, 1.82) is 0 Å². The molecular formula is C15H18ClFN4O3. The minimum absolute atomic E-state index is 0.0511. The first-order valence-corrected chi connectivity index (χ1v) is 7.75. The van der Waals surface area contributed by atoms with Crippen molar-refractivity contribution in [1.82, 2.24) is 20.3 Å². The molecular weight excluding hydrogens is 339 g/mol. The maximum atomic E-state index is 13.0. The van der Waals surface area contributed by atoms with Gasteiger partial charge in [0.25, 0.3) is 5.91 Å². The summed E-state index contributed by atoms with van der Waals surface area (Å²) in [5.74, 6) is -0.880. The fourth-order valence-electron chi connectivity index (χ4n) is 1.92. The van der Waals surface area contributed by atoms with Crippen molar-refractivity contribution in [2.45, 2.75) is 19.6 Å². The topological polar surface area (TPSA) is 89.3 Å². The molecule has 0 aliphatic heterocycles. The van der Waals surface area contributed by atoms with Gasteiger partial charge in [-0.05, 0) is 24.6 Å². The molecule has 2 N–H and O–H groups in total. The van der Waals surface area contributed by atoms with Crippen LogP contribution in [0.15, 0.2) is 24.4 Å². The van der Waals surface area contributed by atoms with E-state index in [-0.39, 0.29) is 30.4 Å². The van der Waals surface area contributed by atoms with Crippen LogP contribution in [-0.4, -0.2) is 51.9 Å². The molecule has 0 aliphatic rings. The van der Waals surface area contributed by atoms with Crippen molar-refractivity contribution in [3.63, 3.8) is 0 Å². The van der Waals surface area contributed by atoms with E-state index in [0.717, 1.165) is 0 Å². The van der Waals surface area contributed by atoms with E-state index in [9.17, 15) is 14.3 Å². The van der Waals surface area contributed by atoms with Crippen LogP contribution in [0.25, 0.3) is 0 Å². The van der Waals surface area contributed by atoms with Crippen molar-refractivity contribution in [2.75, 3.05) is 19.8 Å². The number of hydrogen-bond donors (Lipinski definition) is 2. The second-order valence-electron chi connectivity index (χ2n) is 5.06. The third kappa shape index (κ3) is 5.26. The number of aliphatic hydroxyl groups excluding tert-OH is 1. The van der Waals surface area contributed by atoms with E-state index >= 15 is 0 Å². The zero-order valence-electron chi connectivity index (χ0n) is 13.1. The zero-order valence-corrected chi connectivity index (χ0v) is 13.8. The molecule has 9 heteroatoms. The van der Waals surface area contributed by atoms with Crippen molar-refractivity contribution in [2.24, 2.45) is 0 Å². The van der Waals surface area contributed by atoms with E-state index in [4.69, 9.17) is 16.3 Å². The van der Waals surface area contributed by atoms with Crippen LogP contribution in [0.3, 0.4) is 0 Å². The molecule has 24 heavy (non-hydrogen) atoms. The highest BCUT2D eigenvalue weighted by Crippen LogP contribution is 2.18. The van der Waals surface area contributed by atoms with Gasteiger partial charge in [0.1, 0.15) is 5.82 Å². The van der Waals surface area contributed by atoms with Gasteiger partial charge in [-0.2, -0.15) is 0 Å². The first-order valence-electron chi connectivity index (χ1n) is 7.37. The van der Waals surface area contributed by atoms with E-state index in [1.807, 2.05) is 6.92 Å². The standard InChI is InChI=1S/C15H18ClFN4O3/c1-2-24-9-12(22)6-18-15(23)14-8-21(20-19-14)7-10-3-4-11(17)5-13(10)16/h3-5,8,12,22H,2,6-7,9H2,1H3,(H,18,23)/t12-/m0/s1. The van der Waals surface area contributed by atoms with Crippen LogP contribution in [0.1, 0.15) is 23.0 Å². The molecule has 1 aromatic carbocycles. The molecule has 0 radical (unpaired) electrons. The number of hydrogen-bond acceptors (Lipinski definition) is 5. The third-order valence-electron chi connectivity index (χ3n) is 3.13. The maximum Gasteiger partial charge on any atom is 0.273 e. The monoisotopic (exact) mass is 356 g/mol. The van der Waals surface area contributed by atoms with Crippen LogP contribution in [0.4, 0.5) is 4.39 Å². The van der Waals surface area contributed by atoms with Gasteiger partial charge >= 0.3 is 0 Å². The number of nitrogens with zero attached hydrogens (tertiary/aromatic N) is 3. The van der Waals surface area contributed by atoms with Crippen molar-refractivity contribution in [3.05, 3.63) is 46.5 Å². The van der Waals surface area contributed by atoms with Crippen LogP contribution < -0.4 is 5.32 Å². The summed E-state index contributed by atoms with van der Waals surface area (Å²) in [4.78, 5) is 11.9. The first-order chi connectivity index (χ1) is 11.5.